The van der Waals surface area contributed by atoms with E-state index in [-0.39, 0.29) is 29.7 Å². The number of nitrogens with one attached hydrogen (secondary N) is 1. The highest BCUT2D eigenvalue weighted by Crippen LogP contribution is 2.52. The number of aromatic amines is 1. The molecule has 200 valence electrons. The maximum atomic E-state index is 13.0. The number of rotatable bonds is 4. The fourth-order valence-corrected chi connectivity index (χ4v) is 5.54. The van der Waals surface area contributed by atoms with Gasteiger partial charge in [-0.15, -0.1) is 0 Å². The van der Waals surface area contributed by atoms with Gasteiger partial charge in [0.2, 0.25) is 11.9 Å². The number of nitrogens with zero attached hydrogens (tertiary/aromatic N) is 5. The summed E-state index contributed by atoms with van der Waals surface area (Å²) in [6.07, 6.45) is -4.99. The van der Waals surface area contributed by atoms with Gasteiger partial charge in [0.15, 0.2) is 0 Å². The molecule has 1 amide bonds. The lowest BCUT2D eigenvalue weighted by molar-refractivity contribution is -0.155. The van der Waals surface area contributed by atoms with Crippen molar-refractivity contribution < 1.29 is 31.1 Å². The van der Waals surface area contributed by atoms with Gasteiger partial charge in [-0.1, -0.05) is 0 Å². The van der Waals surface area contributed by atoms with Gasteiger partial charge in [-0.2, -0.15) is 26.3 Å². The quantitative estimate of drug-likeness (QED) is 0.613. The molecule has 2 aromatic heterocycles. The molecular formula is C23H24F6N6O2. The van der Waals surface area contributed by atoms with Crippen LogP contribution in [0.4, 0.5) is 32.3 Å². The number of aromatic nitrogens is 3. The van der Waals surface area contributed by atoms with Crippen LogP contribution in [0.2, 0.25) is 0 Å². The predicted molar refractivity (Wildman–Crippen MR) is 118 cm³/mol. The van der Waals surface area contributed by atoms with E-state index < -0.39 is 29.0 Å². The first kappa shape index (κ1) is 25.5. The highest BCUT2D eigenvalue weighted by Gasteiger charge is 2.54. The fourth-order valence-electron chi connectivity index (χ4n) is 5.54. The van der Waals surface area contributed by atoms with E-state index in [1.807, 2.05) is 4.90 Å². The monoisotopic (exact) mass is 530 g/mol. The van der Waals surface area contributed by atoms with E-state index in [0.717, 1.165) is 18.5 Å². The van der Waals surface area contributed by atoms with Gasteiger partial charge in [0.05, 0.1) is 5.56 Å². The van der Waals surface area contributed by atoms with Crippen LogP contribution in [0, 0.1) is 11.3 Å². The van der Waals surface area contributed by atoms with Crippen LogP contribution < -0.4 is 10.5 Å². The topological polar surface area (TPSA) is 85.4 Å². The largest absolute Gasteiger partial charge is 0.421 e. The minimum Gasteiger partial charge on any atom is -0.339 e. The van der Waals surface area contributed by atoms with Crippen molar-refractivity contribution in [1.82, 2.24) is 24.8 Å². The highest BCUT2D eigenvalue weighted by atomic mass is 19.4. The lowest BCUT2D eigenvalue weighted by Crippen LogP contribution is -2.64. The maximum absolute atomic E-state index is 13.0. The Morgan fingerprint density at radius 3 is 2.19 bits per heavy atom. The second-order valence-electron chi connectivity index (χ2n) is 10.1. The van der Waals surface area contributed by atoms with E-state index >= 15 is 0 Å². The minimum absolute atomic E-state index is 0.00867. The second-order valence-corrected chi connectivity index (χ2v) is 10.1. The number of amides is 1. The standard InChI is InChI=1S/C23H24F6N6O2/c24-22(25,26)16-9-31-20(32-10-16)35-3-1-34(2-4-35)19(37)15-6-21(7-15)12-33(13-21)11-14-5-17(23(27,28)29)18(36)30-8-14/h5,8-10,15H,1-4,6-7,11-13H2,(H,30,36). The first-order valence-electron chi connectivity index (χ1n) is 11.8. The van der Waals surface area contributed by atoms with Crippen LogP contribution in [0.25, 0.3) is 0 Å². The van der Waals surface area contributed by atoms with Crippen LogP contribution in [-0.4, -0.2) is 69.9 Å². The van der Waals surface area contributed by atoms with E-state index in [0.29, 0.717) is 57.7 Å². The van der Waals surface area contributed by atoms with Gasteiger partial charge >= 0.3 is 12.4 Å². The van der Waals surface area contributed by atoms with Crippen molar-refractivity contribution in [2.45, 2.75) is 31.7 Å². The van der Waals surface area contributed by atoms with Crippen molar-refractivity contribution in [3.63, 3.8) is 0 Å². The number of hydrogen-bond acceptors (Lipinski definition) is 6. The molecule has 1 saturated carbocycles. The normalized spacial score (nSPS) is 20.6. The molecule has 37 heavy (non-hydrogen) atoms. The van der Waals surface area contributed by atoms with E-state index in [4.69, 9.17) is 0 Å². The van der Waals surface area contributed by atoms with E-state index in [1.54, 1.807) is 9.80 Å². The summed E-state index contributed by atoms with van der Waals surface area (Å²) in [5.74, 6) is 0.135. The molecular weight excluding hydrogens is 506 g/mol. The van der Waals surface area contributed by atoms with Gasteiger partial charge in [-0.05, 0) is 29.9 Å². The van der Waals surface area contributed by atoms with Gasteiger partial charge in [-0.3, -0.25) is 14.5 Å². The molecule has 0 unspecified atom stereocenters. The molecule has 1 spiro atoms. The molecule has 3 fully saturated rings. The Morgan fingerprint density at radius 1 is 1.00 bits per heavy atom. The van der Waals surface area contributed by atoms with E-state index in [1.165, 1.54) is 6.20 Å². The van der Waals surface area contributed by atoms with Crippen molar-refractivity contribution in [3.8, 4) is 0 Å². The van der Waals surface area contributed by atoms with Crippen molar-refractivity contribution in [3.05, 3.63) is 51.7 Å². The van der Waals surface area contributed by atoms with Crippen LogP contribution >= 0.6 is 0 Å². The van der Waals surface area contributed by atoms with Crippen LogP contribution in [0.3, 0.4) is 0 Å². The number of halogens is 6. The van der Waals surface area contributed by atoms with Crippen LogP contribution in [-0.2, 0) is 23.7 Å². The molecule has 2 aliphatic heterocycles. The van der Waals surface area contributed by atoms with Gasteiger partial charge < -0.3 is 14.8 Å². The molecule has 2 aromatic rings. The average Bonchev–Trinajstić information content (AvgIpc) is 2.79. The van der Waals surface area contributed by atoms with Crippen molar-refractivity contribution in [2.75, 3.05) is 44.2 Å². The molecule has 1 aliphatic carbocycles. The SMILES string of the molecule is O=C(C1CC2(C1)CN(Cc1c[nH]c(=O)c(C(F)(F)F)c1)C2)N1CCN(c2ncc(C(F)(F)F)cn2)CC1. The van der Waals surface area contributed by atoms with Crippen molar-refractivity contribution in [1.29, 1.82) is 0 Å². The Kier molecular flexibility index (Phi) is 6.20. The molecule has 4 heterocycles. The number of H-pyrrole nitrogens is 1. The summed E-state index contributed by atoms with van der Waals surface area (Å²) in [5, 5.41) is 0. The molecule has 0 radical (unpaired) electrons. The summed E-state index contributed by atoms with van der Waals surface area (Å²) in [6, 6.07) is 0.881. The summed E-state index contributed by atoms with van der Waals surface area (Å²) in [6.45, 7) is 3.32. The maximum Gasteiger partial charge on any atom is 0.421 e. The van der Waals surface area contributed by atoms with Gasteiger partial charge in [-0.25, -0.2) is 9.97 Å². The molecule has 0 aromatic carbocycles. The number of hydrogen-bond donors (Lipinski definition) is 1. The van der Waals surface area contributed by atoms with Crippen LogP contribution in [0.5, 0.6) is 0 Å². The molecule has 0 bridgehead atoms. The summed E-state index contributed by atoms with van der Waals surface area (Å²) < 4.78 is 77.0. The lowest BCUT2D eigenvalue weighted by Gasteiger charge is -2.59. The molecule has 0 atom stereocenters. The number of carbonyl (C=O) groups is 1. The Morgan fingerprint density at radius 2 is 1.62 bits per heavy atom. The van der Waals surface area contributed by atoms with Gasteiger partial charge in [0.25, 0.3) is 5.56 Å². The second kappa shape index (κ2) is 8.99. The third-order valence-corrected chi connectivity index (χ3v) is 7.34. The summed E-state index contributed by atoms with van der Waals surface area (Å²) in [7, 11) is 0. The summed E-state index contributed by atoms with van der Waals surface area (Å²) in [5.41, 5.74) is -2.92. The molecule has 5 rings (SSSR count). The third kappa shape index (κ3) is 5.15. The first-order valence-corrected chi connectivity index (χ1v) is 11.8. The molecule has 1 N–H and O–H groups in total. The average molecular weight is 530 g/mol. The number of alkyl halides is 6. The highest BCUT2D eigenvalue weighted by molar-refractivity contribution is 5.80. The molecule has 8 nitrogen and oxygen atoms in total. The van der Waals surface area contributed by atoms with Crippen LogP contribution in [0.15, 0.2) is 29.5 Å². The Hall–Kier alpha value is -3.16. The summed E-state index contributed by atoms with van der Waals surface area (Å²) >= 11 is 0. The Bertz CT molecular complexity index is 1210. The number of anilines is 1. The molecule has 2 saturated heterocycles. The zero-order valence-electron chi connectivity index (χ0n) is 19.6. The Balaban J connectivity index is 1.07. The molecule has 14 heteroatoms. The smallest absolute Gasteiger partial charge is 0.339 e. The summed E-state index contributed by atoms with van der Waals surface area (Å²) in [4.78, 5) is 39.7. The minimum atomic E-state index is -4.71. The fraction of sp³-hybridized carbons (Fsp3) is 0.565. The van der Waals surface area contributed by atoms with Gasteiger partial charge in [0.1, 0.15) is 5.56 Å². The third-order valence-electron chi connectivity index (χ3n) is 7.34. The lowest BCUT2D eigenvalue weighted by atomic mass is 9.57. The van der Waals surface area contributed by atoms with E-state index in [2.05, 4.69) is 15.0 Å². The number of piperazine rings is 1. The predicted octanol–water partition coefficient (Wildman–Crippen LogP) is 2.76. The van der Waals surface area contributed by atoms with Crippen LogP contribution in [0.1, 0.15) is 29.5 Å². The zero-order valence-corrected chi connectivity index (χ0v) is 19.6. The molecule has 3 aliphatic rings. The zero-order chi connectivity index (χ0) is 26.6. The first-order chi connectivity index (χ1) is 17.3. The number of carbonyl (C=O) groups excluding carboxylic acids is 1. The van der Waals surface area contributed by atoms with Crippen molar-refractivity contribution >= 4 is 11.9 Å². The number of likely N-dealkylation sites (tertiary alicyclic amines) is 1. The number of pyridine rings is 1. The van der Waals surface area contributed by atoms with Crippen molar-refractivity contribution in [2.24, 2.45) is 11.3 Å². The van der Waals surface area contributed by atoms with Gasteiger partial charge in [0, 0.05) is 70.3 Å². The Labute approximate surface area is 207 Å². The van der Waals surface area contributed by atoms with E-state index in [9.17, 15) is 35.9 Å².